The third kappa shape index (κ3) is 9.06. The van der Waals surface area contributed by atoms with Gasteiger partial charge in [0.25, 0.3) is 0 Å². The van der Waals surface area contributed by atoms with Crippen LogP contribution in [-0.4, -0.2) is 95.0 Å². The molecule has 0 unspecified atom stereocenters. The molecule has 5 heterocycles. The minimum Gasteiger partial charge on any atom is -0.453 e. The molecule has 6 amide bonds. The molecule has 3 aliphatic rings. The number of carbonyl (C=O) groups excluding carboxylic acids is 6. The van der Waals surface area contributed by atoms with E-state index in [1.807, 2.05) is 12.1 Å². The lowest BCUT2D eigenvalue weighted by Crippen LogP contribution is -2.59. The molecule has 3 aliphatic heterocycles. The largest absolute Gasteiger partial charge is 0.453 e. The van der Waals surface area contributed by atoms with Crippen molar-refractivity contribution >= 4 is 41.5 Å². The smallest absolute Gasteiger partial charge is 0.407 e. The summed E-state index contributed by atoms with van der Waals surface area (Å²) in [5.74, 6) is -2.91. The quantitative estimate of drug-likeness (QED) is 0.174. The molecular formula is C48H65N9O8. The third-order valence-corrected chi connectivity index (χ3v) is 13.5. The fourth-order valence-electron chi connectivity index (χ4n) is 9.92. The summed E-state index contributed by atoms with van der Waals surface area (Å²) < 4.78 is 9.57. The number of benzene rings is 1. The number of methoxy groups -OCH3 is 2. The van der Waals surface area contributed by atoms with Crippen molar-refractivity contribution in [3.63, 3.8) is 0 Å². The molecule has 6 atom stereocenters. The second-order valence-corrected chi connectivity index (χ2v) is 19.1. The van der Waals surface area contributed by atoms with Gasteiger partial charge in [-0.2, -0.15) is 0 Å². The number of hydrogen-bond donors (Lipinski definition) is 4. The van der Waals surface area contributed by atoms with Crippen molar-refractivity contribution < 1.29 is 38.2 Å². The predicted octanol–water partition coefficient (Wildman–Crippen LogP) is 5.22. The Morgan fingerprint density at radius 3 is 1.37 bits per heavy atom. The van der Waals surface area contributed by atoms with Crippen LogP contribution >= 0.6 is 0 Å². The molecular weight excluding hydrogens is 831 g/mol. The number of ether oxygens (including phenoxy) is 2. The van der Waals surface area contributed by atoms with E-state index in [-0.39, 0.29) is 55.3 Å². The molecule has 1 aromatic carbocycles. The topological polar surface area (TPSA) is 232 Å². The minimum atomic E-state index is -1.52. The molecule has 0 aliphatic carbocycles. The summed E-state index contributed by atoms with van der Waals surface area (Å²) in [5, 5.41) is 5.25. The second-order valence-electron chi connectivity index (χ2n) is 19.1. The SMILES string of the molecule is COC(=O)N[C@H](C(=O)N1CCC[C@@]1(C(N)=O)c1ccc([C@@H]2CC[C@@H](c3ccc([C@]4(C(N)=O)CCCN4C(=O)[C@@H](NC(=O)OC)C(C)C)nc3)N2c2ccc(C(C)(C)C)cc2)cn1)C(C)C. The van der Waals surface area contributed by atoms with Crippen LogP contribution < -0.4 is 27.0 Å². The van der Waals surface area contributed by atoms with Gasteiger partial charge in [-0.15, -0.1) is 0 Å². The van der Waals surface area contributed by atoms with E-state index in [1.165, 1.54) is 29.6 Å². The monoisotopic (exact) mass is 895 g/mol. The lowest BCUT2D eigenvalue weighted by Gasteiger charge is -2.38. The number of amides is 6. The molecule has 0 bridgehead atoms. The van der Waals surface area contributed by atoms with Gasteiger partial charge < -0.3 is 46.3 Å². The highest BCUT2D eigenvalue weighted by Crippen LogP contribution is 2.48. The van der Waals surface area contributed by atoms with Crippen LogP contribution in [0.25, 0.3) is 0 Å². The molecule has 17 heteroatoms. The Morgan fingerprint density at radius 1 is 0.662 bits per heavy atom. The zero-order chi connectivity index (χ0) is 47.6. The van der Waals surface area contributed by atoms with Gasteiger partial charge in [-0.1, -0.05) is 72.7 Å². The average molecular weight is 896 g/mol. The summed E-state index contributed by atoms with van der Waals surface area (Å²) in [6.07, 6.45) is 5.02. The normalized spacial score (nSPS) is 23.0. The van der Waals surface area contributed by atoms with Crippen molar-refractivity contribution in [3.8, 4) is 0 Å². The number of rotatable bonds is 13. The second kappa shape index (κ2) is 19.1. The maximum atomic E-state index is 14.1. The molecule has 0 spiro atoms. The highest BCUT2D eigenvalue weighted by atomic mass is 16.5. The fourth-order valence-corrected chi connectivity index (χ4v) is 9.92. The Kier molecular flexibility index (Phi) is 14.1. The zero-order valence-electron chi connectivity index (χ0n) is 39.1. The van der Waals surface area contributed by atoms with Crippen LogP contribution in [0.1, 0.15) is 127 Å². The average Bonchev–Trinajstić information content (AvgIpc) is 4.05. The van der Waals surface area contributed by atoms with Gasteiger partial charge in [-0.3, -0.25) is 29.1 Å². The maximum absolute atomic E-state index is 14.1. The minimum absolute atomic E-state index is 0.0747. The third-order valence-electron chi connectivity index (χ3n) is 13.5. The number of nitrogens with two attached hydrogens (primary N) is 2. The van der Waals surface area contributed by atoms with E-state index in [9.17, 15) is 28.8 Å². The first-order valence-corrected chi connectivity index (χ1v) is 22.5. The van der Waals surface area contributed by atoms with E-state index in [0.29, 0.717) is 24.2 Å². The maximum Gasteiger partial charge on any atom is 0.407 e. The van der Waals surface area contributed by atoms with Crippen LogP contribution in [0, 0.1) is 11.8 Å². The van der Waals surface area contributed by atoms with Gasteiger partial charge >= 0.3 is 12.2 Å². The number of likely N-dealkylation sites (tertiary alicyclic amines) is 2. The Balaban J connectivity index is 1.35. The standard InChI is InChI=1S/C48H65N9O8/c1-28(2)38(53-44(62)64-8)40(58)55-24-10-22-47(55,42(49)60)36-20-12-30(26-51-36)34-18-19-35(57(34)33-16-14-32(15-17-33)46(5,6)7)31-13-21-37(52-27-31)48(43(50)61)23-11-25-56(48)41(59)39(29(3)4)54-45(63)65-9/h12-17,20-21,26-29,34-35,38-39H,10-11,18-19,22-25H2,1-9H3,(H2,49,60)(H2,50,61)(H,53,62)(H,54,63)/t34-,35-,38-,39-,47-,48-/m0/s1. The first-order valence-electron chi connectivity index (χ1n) is 22.5. The van der Waals surface area contributed by atoms with Crippen LogP contribution in [0.4, 0.5) is 15.3 Å². The van der Waals surface area contributed by atoms with Gasteiger partial charge in [0.2, 0.25) is 23.6 Å². The van der Waals surface area contributed by atoms with Gasteiger partial charge in [0.1, 0.15) is 12.1 Å². The van der Waals surface area contributed by atoms with Crippen LogP contribution in [0.15, 0.2) is 60.9 Å². The molecule has 3 saturated heterocycles. The molecule has 17 nitrogen and oxygen atoms in total. The number of nitrogens with one attached hydrogen (secondary N) is 2. The molecule has 6 N–H and O–H groups in total. The lowest BCUT2D eigenvalue weighted by molar-refractivity contribution is -0.146. The highest BCUT2D eigenvalue weighted by molar-refractivity contribution is 5.95. The van der Waals surface area contributed by atoms with Crippen molar-refractivity contribution in [1.82, 2.24) is 30.4 Å². The Labute approximate surface area is 381 Å². The molecule has 6 rings (SSSR count). The van der Waals surface area contributed by atoms with E-state index in [1.54, 1.807) is 52.2 Å². The molecule has 0 saturated carbocycles. The van der Waals surface area contributed by atoms with Gasteiger partial charge in [0.15, 0.2) is 11.1 Å². The first kappa shape index (κ1) is 48.2. The lowest BCUT2D eigenvalue weighted by atomic mass is 9.87. The van der Waals surface area contributed by atoms with Gasteiger partial charge in [0, 0.05) is 31.2 Å². The fraction of sp³-hybridized carbons (Fsp3) is 0.542. The van der Waals surface area contributed by atoms with Crippen molar-refractivity contribution in [2.24, 2.45) is 23.3 Å². The first-order chi connectivity index (χ1) is 30.7. The summed E-state index contributed by atoms with van der Waals surface area (Å²) in [7, 11) is 2.45. The molecule has 2 aromatic heterocycles. The zero-order valence-corrected chi connectivity index (χ0v) is 39.1. The Hall–Kier alpha value is -6.26. The summed E-state index contributed by atoms with van der Waals surface area (Å²) in [6, 6.07) is 13.7. The number of aromatic nitrogens is 2. The number of nitrogens with zero attached hydrogens (tertiary/aromatic N) is 5. The molecule has 350 valence electrons. The van der Waals surface area contributed by atoms with Crippen molar-refractivity contribution in [2.75, 3.05) is 32.2 Å². The van der Waals surface area contributed by atoms with Crippen molar-refractivity contribution in [1.29, 1.82) is 0 Å². The van der Waals surface area contributed by atoms with E-state index in [4.69, 9.17) is 30.9 Å². The summed E-state index contributed by atoms with van der Waals surface area (Å²) in [6.45, 7) is 14.2. The summed E-state index contributed by atoms with van der Waals surface area (Å²) in [5.41, 5.74) is 13.8. The molecule has 3 fully saturated rings. The molecule has 0 radical (unpaired) electrons. The number of carbonyl (C=O) groups is 6. The highest BCUT2D eigenvalue weighted by Gasteiger charge is 2.54. The van der Waals surface area contributed by atoms with Gasteiger partial charge in [-0.05, 0) is 96.7 Å². The Bertz CT molecular complexity index is 2120. The van der Waals surface area contributed by atoms with Crippen LogP contribution in [0.5, 0.6) is 0 Å². The number of anilines is 1. The van der Waals surface area contributed by atoms with Crippen molar-refractivity contribution in [2.45, 2.75) is 128 Å². The Morgan fingerprint density at radius 2 is 1.06 bits per heavy atom. The van der Waals surface area contributed by atoms with E-state index < -0.39 is 59.0 Å². The summed E-state index contributed by atoms with van der Waals surface area (Å²) in [4.78, 5) is 94.7. The van der Waals surface area contributed by atoms with E-state index in [0.717, 1.165) is 29.7 Å². The van der Waals surface area contributed by atoms with Crippen molar-refractivity contribution in [3.05, 3.63) is 89.0 Å². The van der Waals surface area contributed by atoms with Crippen LogP contribution in [0.3, 0.4) is 0 Å². The van der Waals surface area contributed by atoms with Gasteiger partial charge in [-0.25, -0.2) is 9.59 Å². The molecule has 3 aromatic rings. The van der Waals surface area contributed by atoms with Crippen LogP contribution in [-0.2, 0) is 45.1 Å². The predicted molar refractivity (Wildman–Crippen MR) is 243 cm³/mol. The van der Waals surface area contributed by atoms with Crippen LogP contribution in [0.2, 0.25) is 0 Å². The number of primary amides is 2. The number of alkyl carbamates (subject to hydrolysis) is 2. The van der Waals surface area contributed by atoms with E-state index >= 15 is 0 Å². The van der Waals surface area contributed by atoms with E-state index in [2.05, 4.69) is 60.6 Å². The van der Waals surface area contributed by atoms with Gasteiger partial charge in [0.05, 0.1) is 37.7 Å². The number of hydrogen-bond acceptors (Lipinski definition) is 11. The summed E-state index contributed by atoms with van der Waals surface area (Å²) >= 11 is 0. The molecule has 65 heavy (non-hydrogen) atoms. The number of pyridine rings is 2.